The van der Waals surface area contributed by atoms with E-state index in [4.69, 9.17) is 0 Å². The Labute approximate surface area is 144 Å². The molecule has 0 aliphatic rings. The molecule has 0 spiro atoms. The van der Waals surface area contributed by atoms with Gasteiger partial charge in [0.15, 0.2) is 17.3 Å². The summed E-state index contributed by atoms with van der Waals surface area (Å²) in [6.07, 6.45) is 3.17. The third-order valence-corrected chi connectivity index (χ3v) is 1.22. The SMILES string of the molecule is CC(=O)/C=C(/C)[O-].CC(=O)/C=C(/C)[O-].CC(=O)/C=C(/C)[O-].[Re]. The summed E-state index contributed by atoms with van der Waals surface area (Å²) in [5.74, 6) is -1.12. The number of hydrogen-bond donors (Lipinski definition) is 0. The first-order valence-electron chi connectivity index (χ1n) is 5.96. The summed E-state index contributed by atoms with van der Waals surface area (Å²) >= 11 is 0. The van der Waals surface area contributed by atoms with E-state index in [1.807, 2.05) is 0 Å². The molecule has 0 atom stereocenters. The van der Waals surface area contributed by atoms with E-state index in [9.17, 15) is 29.7 Å². The number of hydrogen-bond acceptors (Lipinski definition) is 6. The molecule has 0 bridgehead atoms. The molecule has 0 amide bonds. The zero-order chi connectivity index (χ0) is 17.6. The van der Waals surface area contributed by atoms with E-state index >= 15 is 0 Å². The Balaban J connectivity index is -0.000000108. The van der Waals surface area contributed by atoms with Gasteiger partial charge < -0.3 is 15.3 Å². The minimum absolute atomic E-state index is 0. The molecule has 7 heteroatoms. The van der Waals surface area contributed by atoms with Crippen LogP contribution in [0, 0.1) is 0 Å². The van der Waals surface area contributed by atoms with Gasteiger partial charge in [0.2, 0.25) is 0 Å². The second kappa shape index (κ2) is 17.3. The van der Waals surface area contributed by atoms with E-state index in [1.54, 1.807) is 0 Å². The van der Waals surface area contributed by atoms with Gasteiger partial charge in [-0.1, -0.05) is 20.8 Å². The maximum Gasteiger partial charge on any atom is 0.151 e. The summed E-state index contributed by atoms with van der Waals surface area (Å²) in [6.45, 7) is 8.09. The maximum absolute atomic E-state index is 9.98. The third-order valence-electron chi connectivity index (χ3n) is 1.22. The molecule has 0 aliphatic carbocycles. The molecule has 0 unspecified atom stereocenters. The van der Waals surface area contributed by atoms with Crippen LogP contribution in [0.3, 0.4) is 0 Å². The Morgan fingerprint density at radius 1 is 0.545 bits per heavy atom. The van der Waals surface area contributed by atoms with Crippen molar-refractivity contribution in [1.82, 2.24) is 0 Å². The first kappa shape index (κ1) is 28.5. The normalized spacial score (nSPS) is 10.9. The van der Waals surface area contributed by atoms with Crippen LogP contribution in [-0.4, -0.2) is 17.3 Å². The minimum Gasteiger partial charge on any atom is -0.876 e. The van der Waals surface area contributed by atoms with Crippen molar-refractivity contribution in [3.63, 3.8) is 0 Å². The summed E-state index contributed by atoms with van der Waals surface area (Å²) in [6, 6.07) is 0. The molecule has 0 saturated carbocycles. The predicted octanol–water partition coefficient (Wildman–Crippen LogP) is -0.484. The molecule has 6 nitrogen and oxygen atoms in total. The Morgan fingerprint density at radius 2 is 0.682 bits per heavy atom. The Morgan fingerprint density at radius 3 is 0.682 bits per heavy atom. The Bertz CT molecular complexity index is 368. The molecule has 0 heterocycles. The third kappa shape index (κ3) is 51.6. The van der Waals surface area contributed by atoms with Gasteiger partial charge in [0, 0.05) is 20.4 Å². The quantitative estimate of drug-likeness (QED) is 0.395. The number of ketones is 3. The van der Waals surface area contributed by atoms with Crippen molar-refractivity contribution >= 4 is 17.3 Å². The van der Waals surface area contributed by atoms with Crippen LogP contribution >= 0.6 is 0 Å². The summed E-state index contributed by atoms with van der Waals surface area (Å²) in [7, 11) is 0. The van der Waals surface area contributed by atoms with Crippen molar-refractivity contribution < 1.29 is 50.1 Å². The van der Waals surface area contributed by atoms with E-state index in [2.05, 4.69) is 0 Å². The van der Waals surface area contributed by atoms with Crippen LogP contribution in [0.2, 0.25) is 0 Å². The number of allylic oxidation sites excluding steroid dienone is 6. The number of carbonyl (C=O) groups is 3. The summed E-state index contributed by atoms with van der Waals surface area (Å²) in [5, 5.41) is 29.9. The summed E-state index contributed by atoms with van der Waals surface area (Å²) in [4.78, 5) is 29.9. The number of rotatable bonds is 3. The van der Waals surface area contributed by atoms with Crippen molar-refractivity contribution in [1.29, 1.82) is 0 Å². The second-order valence-electron chi connectivity index (χ2n) is 4.10. The molecule has 0 saturated heterocycles. The van der Waals surface area contributed by atoms with Crippen molar-refractivity contribution in [2.45, 2.75) is 41.5 Å². The molecule has 22 heavy (non-hydrogen) atoms. The molecule has 0 aliphatic heterocycles. The Kier molecular flexibility index (Phi) is 22.4. The number of carbonyl (C=O) groups excluding carboxylic acids is 3. The van der Waals surface area contributed by atoms with Gasteiger partial charge in [0.05, 0.1) is 0 Å². The molecule has 0 aromatic rings. The molecule has 1 radical (unpaired) electrons. The van der Waals surface area contributed by atoms with Gasteiger partial charge in [0.25, 0.3) is 0 Å². The monoisotopic (exact) mass is 484 g/mol. The van der Waals surface area contributed by atoms with Crippen molar-refractivity contribution in [3.05, 3.63) is 35.5 Å². The Hall–Kier alpha value is -1.71. The van der Waals surface area contributed by atoms with Crippen LogP contribution in [0.25, 0.3) is 0 Å². The van der Waals surface area contributed by atoms with Crippen LogP contribution in [0.4, 0.5) is 0 Å². The minimum atomic E-state index is -0.187. The second-order valence-corrected chi connectivity index (χ2v) is 4.10. The zero-order valence-corrected chi connectivity index (χ0v) is 16.3. The van der Waals surface area contributed by atoms with Gasteiger partial charge in [0.1, 0.15) is 0 Å². The van der Waals surface area contributed by atoms with E-state index in [0.29, 0.717) is 0 Å². The van der Waals surface area contributed by atoms with E-state index in [0.717, 1.165) is 18.2 Å². The fourth-order valence-corrected chi connectivity index (χ4v) is 0.859. The summed E-state index contributed by atoms with van der Waals surface area (Å²) in [5.41, 5.74) is 0. The molecule has 0 aromatic carbocycles. The largest absolute Gasteiger partial charge is 0.876 e. The zero-order valence-electron chi connectivity index (χ0n) is 13.6. The average Bonchev–Trinajstić information content (AvgIpc) is 2.10. The first-order valence-corrected chi connectivity index (χ1v) is 5.96. The standard InChI is InChI=1S/3C5H8O2.Re/c3*1-4(6)3-5(2)7;/h3*3,6H,1-2H3;/p-3/b3*4-3-;. The first-order chi connectivity index (χ1) is 9.38. The van der Waals surface area contributed by atoms with Crippen LogP contribution in [-0.2, 0) is 34.8 Å². The molecule has 0 rings (SSSR count). The molecule has 0 N–H and O–H groups in total. The fourth-order valence-electron chi connectivity index (χ4n) is 0.859. The van der Waals surface area contributed by atoms with E-state index in [-0.39, 0.29) is 55.1 Å². The molecule has 0 aromatic heterocycles. The smallest absolute Gasteiger partial charge is 0.151 e. The van der Waals surface area contributed by atoms with Crippen LogP contribution in [0.5, 0.6) is 0 Å². The van der Waals surface area contributed by atoms with Crippen molar-refractivity contribution in [3.8, 4) is 0 Å². The van der Waals surface area contributed by atoms with Gasteiger partial charge in [-0.05, 0) is 39.0 Å². The fraction of sp³-hybridized carbons (Fsp3) is 0.400. The van der Waals surface area contributed by atoms with Gasteiger partial charge in [-0.3, -0.25) is 14.4 Å². The molecule has 0 fully saturated rings. The van der Waals surface area contributed by atoms with Crippen LogP contribution in [0.1, 0.15) is 41.5 Å². The van der Waals surface area contributed by atoms with Gasteiger partial charge >= 0.3 is 0 Å². The van der Waals surface area contributed by atoms with Gasteiger partial charge in [-0.2, -0.15) is 0 Å². The molecule has 127 valence electrons. The van der Waals surface area contributed by atoms with Crippen molar-refractivity contribution in [2.24, 2.45) is 0 Å². The molecular formula is C15H21O6Re-3. The van der Waals surface area contributed by atoms with Gasteiger partial charge in [-0.15, -0.1) is 17.3 Å². The molecular weight excluding hydrogens is 462 g/mol. The maximum atomic E-state index is 9.98. The van der Waals surface area contributed by atoms with Gasteiger partial charge in [-0.25, -0.2) is 0 Å². The topological polar surface area (TPSA) is 120 Å². The van der Waals surface area contributed by atoms with E-state index < -0.39 is 0 Å². The van der Waals surface area contributed by atoms with Crippen LogP contribution < -0.4 is 15.3 Å². The average molecular weight is 484 g/mol. The van der Waals surface area contributed by atoms with E-state index in [1.165, 1.54) is 41.5 Å². The predicted molar refractivity (Wildman–Crippen MR) is 73.3 cm³/mol. The summed E-state index contributed by atoms with van der Waals surface area (Å²) < 4.78 is 0. The van der Waals surface area contributed by atoms with Crippen molar-refractivity contribution in [2.75, 3.05) is 0 Å². The van der Waals surface area contributed by atoms with Crippen LogP contribution in [0.15, 0.2) is 35.5 Å².